The lowest BCUT2D eigenvalue weighted by atomic mass is 10.0. The monoisotopic (exact) mass is 275 g/mol. The van der Waals surface area contributed by atoms with Gasteiger partial charge < -0.3 is 0 Å². The average molecular weight is 275 g/mol. The van der Waals surface area contributed by atoms with E-state index in [0.717, 1.165) is 6.07 Å². The normalized spacial score (nSPS) is 10.8. The van der Waals surface area contributed by atoms with E-state index in [1.807, 2.05) is 12.0 Å². The molecule has 0 aliphatic carbocycles. The predicted molar refractivity (Wildman–Crippen MR) is 66.2 cm³/mol. The number of terminal acetylenes is 1. The number of nitriles is 1. The summed E-state index contributed by atoms with van der Waals surface area (Å²) in [5, 5.41) is 12.4. The summed E-state index contributed by atoms with van der Waals surface area (Å²) in [6, 6.07) is 5.63. The minimum absolute atomic E-state index is 0.0363. The molecule has 0 fully saturated rings. The molecule has 0 saturated heterocycles. The highest BCUT2D eigenvalue weighted by Crippen LogP contribution is 2.34. The molecule has 0 atom stereocenters. The van der Waals surface area contributed by atoms with Crippen molar-refractivity contribution in [3.8, 4) is 29.5 Å². The highest BCUT2D eigenvalue weighted by atomic mass is 19.4. The molecule has 0 N–H and O–H groups in total. The summed E-state index contributed by atoms with van der Waals surface area (Å²) in [5.41, 5.74) is -0.217. The van der Waals surface area contributed by atoms with Crippen molar-refractivity contribution in [2.24, 2.45) is 0 Å². The largest absolute Gasteiger partial charge is 0.417 e. The fraction of sp³-hybridized carbons (Fsp3) is 0.143. The molecule has 3 nitrogen and oxygen atoms in total. The molecular formula is C14H8F3N3. The van der Waals surface area contributed by atoms with E-state index in [0.29, 0.717) is 11.1 Å². The van der Waals surface area contributed by atoms with E-state index < -0.39 is 11.7 Å². The van der Waals surface area contributed by atoms with Crippen molar-refractivity contribution in [1.82, 2.24) is 9.78 Å². The lowest BCUT2D eigenvalue weighted by Crippen LogP contribution is -2.07. The maximum atomic E-state index is 12.9. The van der Waals surface area contributed by atoms with Crippen LogP contribution in [0.15, 0.2) is 30.6 Å². The van der Waals surface area contributed by atoms with Gasteiger partial charge >= 0.3 is 6.18 Å². The van der Waals surface area contributed by atoms with Gasteiger partial charge in [0.2, 0.25) is 0 Å². The molecule has 0 bridgehead atoms. The van der Waals surface area contributed by atoms with Crippen LogP contribution in [0.3, 0.4) is 0 Å². The summed E-state index contributed by atoms with van der Waals surface area (Å²) in [7, 11) is 0. The highest BCUT2D eigenvalue weighted by Gasteiger charge is 2.33. The maximum Gasteiger partial charge on any atom is 0.417 e. The molecule has 0 aliphatic rings. The summed E-state index contributed by atoms with van der Waals surface area (Å²) in [4.78, 5) is 0. The first-order valence-electron chi connectivity index (χ1n) is 5.53. The summed E-state index contributed by atoms with van der Waals surface area (Å²) >= 11 is 0. The Hall–Kier alpha value is -2.73. The third-order valence-corrected chi connectivity index (χ3v) is 2.68. The van der Waals surface area contributed by atoms with E-state index in [1.165, 1.54) is 29.2 Å². The number of hydrogen-bond donors (Lipinski definition) is 0. The van der Waals surface area contributed by atoms with E-state index in [1.54, 1.807) is 0 Å². The van der Waals surface area contributed by atoms with E-state index >= 15 is 0 Å². The van der Waals surface area contributed by atoms with Gasteiger partial charge in [-0.25, -0.2) is 0 Å². The van der Waals surface area contributed by atoms with Crippen LogP contribution in [0.4, 0.5) is 13.2 Å². The first-order chi connectivity index (χ1) is 9.45. The summed E-state index contributed by atoms with van der Waals surface area (Å²) in [6.07, 6.45) is 3.48. The average Bonchev–Trinajstić information content (AvgIpc) is 2.86. The fourth-order valence-electron chi connectivity index (χ4n) is 1.76. The van der Waals surface area contributed by atoms with Crippen LogP contribution in [0.2, 0.25) is 0 Å². The van der Waals surface area contributed by atoms with Crippen molar-refractivity contribution in [2.75, 3.05) is 0 Å². The van der Waals surface area contributed by atoms with Crippen LogP contribution in [0.25, 0.3) is 11.1 Å². The molecule has 0 saturated carbocycles. The molecule has 1 aromatic heterocycles. The number of hydrogen-bond acceptors (Lipinski definition) is 2. The third kappa shape index (κ3) is 2.65. The molecule has 2 aromatic rings. The minimum atomic E-state index is -4.51. The van der Waals surface area contributed by atoms with Crippen molar-refractivity contribution < 1.29 is 13.2 Å². The van der Waals surface area contributed by atoms with Gasteiger partial charge in [-0.3, -0.25) is 4.68 Å². The van der Waals surface area contributed by atoms with Gasteiger partial charge in [-0.15, -0.1) is 6.42 Å². The quantitative estimate of drug-likeness (QED) is 0.790. The second-order valence-electron chi connectivity index (χ2n) is 3.99. The lowest BCUT2D eigenvalue weighted by molar-refractivity contribution is -0.137. The topological polar surface area (TPSA) is 41.6 Å². The number of alkyl halides is 3. The van der Waals surface area contributed by atoms with Gasteiger partial charge in [0.15, 0.2) is 0 Å². The third-order valence-electron chi connectivity index (χ3n) is 2.68. The van der Waals surface area contributed by atoms with E-state index in [-0.39, 0.29) is 12.1 Å². The van der Waals surface area contributed by atoms with Gasteiger partial charge in [-0.05, 0) is 17.7 Å². The Labute approximate surface area is 113 Å². The smallest absolute Gasteiger partial charge is 0.258 e. The summed E-state index contributed by atoms with van der Waals surface area (Å²) in [6.45, 7) is 0.0363. The Bertz CT molecular complexity index is 714. The molecule has 0 spiro atoms. The molecule has 0 unspecified atom stereocenters. The van der Waals surface area contributed by atoms with E-state index in [4.69, 9.17) is 11.7 Å². The van der Waals surface area contributed by atoms with Gasteiger partial charge in [-0.2, -0.15) is 23.5 Å². The number of nitrogens with zero attached hydrogens (tertiary/aromatic N) is 3. The van der Waals surface area contributed by atoms with Crippen molar-refractivity contribution in [3.63, 3.8) is 0 Å². The molecular weight excluding hydrogens is 267 g/mol. The van der Waals surface area contributed by atoms with Crippen LogP contribution in [0.1, 0.15) is 11.1 Å². The first kappa shape index (κ1) is 13.7. The first-order valence-corrected chi connectivity index (χ1v) is 5.53. The highest BCUT2D eigenvalue weighted by molar-refractivity contribution is 5.65. The number of halogens is 3. The zero-order chi connectivity index (χ0) is 14.8. The van der Waals surface area contributed by atoms with Crippen LogP contribution >= 0.6 is 0 Å². The molecule has 20 heavy (non-hydrogen) atoms. The summed E-state index contributed by atoms with van der Waals surface area (Å²) < 4.78 is 40.0. The molecule has 0 radical (unpaired) electrons. The van der Waals surface area contributed by atoms with Gasteiger partial charge in [0.25, 0.3) is 0 Å². The molecule has 100 valence electrons. The Kier molecular flexibility index (Phi) is 3.49. The number of benzene rings is 1. The molecule has 0 aliphatic heterocycles. The minimum Gasteiger partial charge on any atom is -0.258 e. The Morgan fingerprint density at radius 3 is 2.65 bits per heavy atom. The number of aromatic nitrogens is 2. The molecule has 6 heteroatoms. The van der Waals surface area contributed by atoms with Gasteiger partial charge in [0, 0.05) is 17.3 Å². The van der Waals surface area contributed by atoms with E-state index in [2.05, 4.69) is 5.10 Å². The van der Waals surface area contributed by atoms with Crippen LogP contribution in [-0.4, -0.2) is 9.78 Å². The van der Waals surface area contributed by atoms with Crippen molar-refractivity contribution in [2.45, 2.75) is 12.7 Å². The Morgan fingerprint density at radius 1 is 1.30 bits per heavy atom. The summed E-state index contributed by atoms with van der Waals surface area (Å²) in [5.74, 6) is 2.02. The van der Waals surface area contributed by atoms with Crippen LogP contribution in [0.5, 0.6) is 0 Å². The molecule has 2 rings (SSSR count). The molecule has 1 aromatic carbocycles. The van der Waals surface area contributed by atoms with Gasteiger partial charge in [0.1, 0.15) is 6.54 Å². The standard InChI is InChI=1S/C14H8F3N3/c1-2-10-3-4-11(7-13(10)14(15,16)17)12-8-19-20(9-12)6-5-18/h1,3-4,7-9H,6H2. The fourth-order valence-corrected chi connectivity index (χ4v) is 1.76. The second kappa shape index (κ2) is 5.10. The predicted octanol–water partition coefficient (Wildman–Crippen LogP) is 3.07. The SMILES string of the molecule is C#Cc1ccc(-c2cnn(CC#N)c2)cc1C(F)(F)F. The van der Waals surface area contributed by atoms with Crippen LogP contribution < -0.4 is 0 Å². The zero-order valence-electron chi connectivity index (χ0n) is 10.1. The Balaban J connectivity index is 2.48. The molecule has 1 heterocycles. The van der Waals surface area contributed by atoms with Crippen LogP contribution in [-0.2, 0) is 12.7 Å². The maximum absolute atomic E-state index is 12.9. The van der Waals surface area contributed by atoms with Crippen molar-refractivity contribution >= 4 is 0 Å². The van der Waals surface area contributed by atoms with Gasteiger partial charge in [0.05, 0.1) is 17.8 Å². The number of rotatable bonds is 2. The van der Waals surface area contributed by atoms with Crippen LogP contribution in [0, 0.1) is 23.7 Å². The zero-order valence-corrected chi connectivity index (χ0v) is 10.1. The van der Waals surface area contributed by atoms with Crippen molar-refractivity contribution in [3.05, 3.63) is 41.7 Å². The van der Waals surface area contributed by atoms with E-state index in [9.17, 15) is 13.2 Å². The lowest BCUT2D eigenvalue weighted by Gasteiger charge is -2.10. The molecule has 0 amide bonds. The second-order valence-corrected chi connectivity index (χ2v) is 3.99. The van der Waals surface area contributed by atoms with Gasteiger partial charge in [-0.1, -0.05) is 12.0 Å². The Morgan fingerprint density at radius 2 is 2.05 bits per heavy atom. The van der Waals surface area contributed by atoms with Crippen molar-refractivity contribution in [1.29, 1.82) is 5.26 Å².